The minimum Gasteiger partial charge on any atom is -0.399 e. The topological polar surface area (TPSA) is 83.8 Å². The average Bonchev–Trinajstić information content (AvgIpc) is 3.14. The van der Waals surface area contributed by atoms with E-state index in [4.69, 9.17) is 5.73 Å². The number of hydrogen-bond donors (Lipinski definition) is 3. The highest BCUT2D eigenvalue weighted by molar-refractivity contribution is 6.00. The molecular weight excluding hydrogens is 252 g/mol. The number of amides is 1. The number of nitrogen functional groups attached to an aromatic ring is 1. The van der Waals surface area contributed by atoms with Crippen molar-refractivity contribution in [2.45, 2.75) is 31.6 Å². The van der Waals surface area contributed by atoms with Crippen LogP contribution in [0.3, 0.4) is 0 Å². The average molecular weight is 270 g/mol. The molecule has 0 atom stereocenters. The smallest absolute Gasteiger partial charge is 0.236 e. The number of rotatable bonds is 4. The molecule has 5 nitrogen and oxygen atoms in total. The van der Waals surface area contributed by atoms with Gasteiger partial charge in [-0.2, -0.15) is 5.10 Å². The van der Waals surface area contributed by atoms with Gasteiger partial charge in [-0.15, -0.1) is 0 Å². The van der Waals surface area contributed by atoms with Crippen LogP contribution in [0.5, 0.6) is 0 Å². The van der Waals surface area contributed by atoms with E-state index in [2.05, 4.69) is 15.5 Å². The molecule has 104 valence electrons. The number of H-pyrrole nitrogens is 1. The van der Waals surface area contributed by atoms with Gasteiger partial charge in [-0.3, -0.25) is 9.89 Å². The number of hydrogen-bond acceptors (Lipinski definition) is 3. The van der Waals surface area contributed by atoms with E-state index in [1.165, 1.54) is 0 Å². The number of carbonyl (C=O) groups excluding carboxylic acids is 1. The van der Waals surface area contributed by atoms with E-state index < -0.39 is 5.41 Å². The zero-order chi connectivity index (χ0) is 14.2. The molecule has 1 aromatic heterocycles. The Morgan fingerprint density at radius 1 is 1.40 bits per heavy atom. The maximum Gasteiger partial charge on any atom is 0.236 e. The van der Waals surface area contributed by atoms with Crippen molar-refractivity contribution in [1.82, 2.24) is 10.2 Å². The Bertz CT molecular complexity index is 626. The molecule has 0 radical (unpaired) electrons. The van der Waals surface area contributed by atoms with Crippen LogP contribution in [0.15, 0.2) is 30.3 Å². The number of nitrogens with two attached hydrogens (primary N) is 1. The Kier molecular flexibility index (Phi) is 2.97. The van der Waals surface area contributed by atoms with Gasteiger partial charge in [0.15, 0.2) is 5.82 Å². The van der Waals surface area contributed by atoms with Crippen molar-refractivity contribution in [2.24, 2.45) is 0 Å². The molecule has 0 aliphatic heterocycles. The molecule has 0 unspecified atom stereocenters. The molecule has 0 saturated heterocycles. The number of nitrogens with one attached hydrogen (secondary N) is 2. The SMILES string of the molecule is CCc1cc(NC(=O)C2(c3ccc(N)cc3)CC2)n[nH]1. The van der Waals surface area contributed by atoms with Gasteiger partial charge in [-0.1, -0.05) is 19.1 Å². The number of aromatic nitrogens is 2. The molecule has 2 aromatic rings. The Morgan fingerprint density at radius 2 is 2.10 bits per heavy atom. The van der Waals surface area contributed by atoms with Gasteiger partial charge < -0.3 is 11.1 Å². The lowest BCUT2D eigenvalue weighted by Crippen LogP contribution is -2.27. The normalized spacial score (nSPS) is 15.8. The van der Waals surface area contributed by atoms with E-state index in [1.54, 1.807) is 0 Å². The third kappa shape index (κ3) is 2.15. The van der Waals surface area contributed by atoms with Crippen molar-refractivity contribution < 1.29 is 4.79 Å². The molecule has 20 heavy (non-hydrogen) atoms. The highest BCUT2D eigenvalue weighted by Crippen LogP contribution is 2.49. The van der Waals surface area contributed by atoms with Crippen molar-refractivity contribution >= 4 is 17.4 Å². The Hall–Kier alpha value is -2.30. The predicted octanol–water partition coefficient (Wildman–Crippen LogP) is 2.22. The van der Waals surface area contributed by atoms with Gasteiger partial charge in [-0.05, 0) is 37.0 Å². The summed E-state index contributed by atoms with van der Waals surface area (Å²) in [5.74, 6) is 0.602. The van der Waals surface area contributed by atoms with Gasteiger partial charge in [0, 0.05) is 17.4 Å². The zero-order valence-corrected chi connectivity index (χ0v) is 11.4. The number of nitrogens with zero attached hydrogens (tertiary/aromatic N) is 1. The molecule has 1 aromatic carbocycles. The first kappa shape index (κ1) is 12.7. The minimum absolute atomic E-state index is 0.0106. The van der Waals surface area contributed by atoms with E-state index in [0.717, 1.165) is 30.5 Å². The molecule has 5 heteroatoms. The lowest BCUT2D eigenvalue weighted by Gasteiger charge is -2.14. The second-order valence-corrected chi connectivity index (χ2v) is 5.29. The quantitative estimate of drug-likeness (QED) is 0.745. The maximum absolute atomic E-state index is 12.5. The maximum atomic E-state index is 12.5. The summed E-state index contributed by atoms with van der Waals surface area (Å²) < 4.78 is 0. The molecule has 1 fully saturated rings. The van der Waals surface area contributed by atoms with E-state index in [0.29, 0.717) is 11.5 Å². The molecular formula is C15H18N4O. The van der Waals surface area contributed by atoms with Crippen LogP contribution in [0.2, 0.25) is 0 Å². The summed E-state index contributed by atoms with van der Waals surface area (Å²) in [4.78, 5) is 12.5. The fourth-order valence-electron chi connectivity index (χ4n) is 2.42. The van der Waals surface area contributed by atoms with Gasteiger partial charge in [0.25, 0.3) is 0 Å². The van der Waals surface area contributed by atoms with Crippen LogP contribution in [0, 0.1) is 0 Å². The van der Waals surface area contributed by atoms with Crippen molar-refractivity contribution in [3.63, 3.8) is 0 Å². The first-order valence-electron chi connectivity index (χ1n) is 6.86. The summed E-state index contributed by atoms with van der Waals surface area (Å²) in [6.45, 7) is 2.04. The summed E-state index contributed by atoms with van der Waals surface area (Å²) in [6, 6.07) is 9.42. The number of aryl methyl sites for hydroxylation is 1. The molecule has 4 N–H and O–H groups in total. The highest BCUT2D eigenvalue weighted by atomic mass is 16.2. The second kappa shape index (κ2) is 4.67. The standard InChI is InChI=1S/C15H18N4O/c1-2-12-9-13(19-18-12)17-14(20)15(7-8-15)10-3-5-11(16)6-4-10/h3-6,9H,2,7-8,16H2,1H3,(H2,17,18,19,20). The van der Waals surface area contributed by atoms with Crippen LogP contribution in [0.1, 0.15) is 31.0 Å². The Morgan fingerprint density at radius 3 is 2.65 bits per heavy atom. The van der Waals surface area contributed by atoms with E-state index >= 15 is 0 Å². The van der Waals surface area contributed by atoms with Gasteiger partial charge in [-0.25, -0.2) is 0 Å². The van der Waals surface area contributed by atoms with Crippen molar-refractivity contribution in [3.8, 4) is 0 Å². The number of carbonyl (C=O) groups is 1. The zero-order valence-electron chi connectivity index (χ0n) is 11.4. The largest absolute Gasteiger partial charge is 0.399 e. The third-order valence-corrected chi connectivity index (χ3v) is 3.90. The Labute approximate surface area is 117 Å². The summed E-state index contributed by atoms with van der Waals surface area (Å²) in [5.41, 5.74) is 8.04. The van der Waals surface area contributed by atoms with E-state index in [1.807, 2.05) is 37.3 Å². The predicted molar refractivity (Wildman–Crippen MR) is 78.4 cm³/mol. The van der Waals surface area contributed by atoms with Crippen LogP contribution in [0.25, 0.3) is 0 Å². The van der Waals surface area contributed by atoms with Crippen LogP contribution >= 0.6 is 0 Å². The first-order chi connectivity index (χ1) is 9.64. The van der Waals surface area contributed by atoms with Gasteiger partial charge in [0.05, 0.1) is 5.41 Å². The minimum atomic E-state index is -0.404. The van der Waals surface area contributed by atoms with Crippen molar-refractivity contribution in [3.05, 3.63) is 41.6 Å². The number of anilines is 2. The van der Waals surface area contributed by atoms with Crippen LogP contribution in [0.4, 0.5) is 11.5 Å². The summed E-state index contributed by atoms with van der Waals surface area (Å²) >= 11 is 0. The lowest BCUT2D eigenvalue weighted by atomic mass is 9.95. The molecule has 0 bridgehead atoms. The van der Waals surface area contributed by atoms with Crippen molar-refractivity contribution in [1.29, 1.82) is 0 Å². The Balaban J connectivity index is 1.77. The molecule has 0 spiro atoms. The number of benzene rings is 1. The van der Waals surface area contributed by atoms with E-state index in [-0.39, 0.29) is 5.91 Å². The molecule has 1 heterocycles. The molecule has 1 aliphatic rings. The summed E-state index contributed by atoms with van der Waals surface area (Å²) in [7, 11) is 0. The number of aromatic amines is 1. The van der Waals surface area contributed by atoms with Gasteiger partial charge in [0.2, 0.25) is 5.91 Å². The van der Waals surface area contributed by atoms with Crippen LogP contribution < -0.4 is 11.1 Å². The van der Waals surface area contributed by atoms with Crippen LogP contribution in [-0.2, 0) is 16.6 Å². The molecule has 3 rings (SSSR count). The highest BCUT2D eigenvalue weighted by Gasteiger charge is 2.51. The first-order valence-corrected chi connectivity index (χ1v) is 6.86. The van der Waals surface area contributed by atoms with Crippen molar-refractivity contribution in [2.75, 3.05) is 11.1 Å². The van der Waals surface area contributed by atoms with E-state index in [9.17, 15) is 4.79 Å². The monoisotopic (exact) mass is 270 g/mol. The lowest BCUT2D eigenvalue weighted by molar-refractivity contribution is -0.118. The molecule has 1 aliphatic carbocycles. The third-order valence-electron chi connectivity index (χ3n) is 3.90. The molecule has 1 amide bonds. The summed E-state index contributed by atoms with van der Waals surface area (Å²) in [6.07, 6.45) is 2.60. The molecule has 1 saturated carbocycles. The van der Waals surface area contributed by atoms with Gasteiger partial charge in [0.1, 0.15) is 0 Å². The fraction of sp³-hybridized carbons (Fsp3) is 0.333. The second-order valence-electron chi connectivity index (χ2n) is 5.29. The fourth-order valence-corrected chi connectivity index (χ4v) is 2.42. The van der Waals surface area contributed by atoms with Crippen LogP contribution in [-0.4, -0.2) is 16.1 Å². The van der Waals surface area contributed by atoms with Gasteiger partial charge >= 0.3 is 0 Å². The summed E-state index contributed by atoms with van der Waals surface area (Å²) in [5, 5.41) is 9.90.